The molecule has 8 rings (SSSR count). The van der Waals surface area contributed by atoms with Gasteiger partial charge in [0.2, 0.25) is 0 Å². The van der Waals surface area contributed by atoms with Crippen LogP contribution in [0.5, 0.6) is 0 Å². The zero-order chi connectivity index (χ0) is 32.3. The maximum atomic E-state index is 3.63. The smallest absolute Gasteiger partial charge is 0.0160 e. The van der Waals surface area contributed by atoms with Crippen LogP contribution in [0, 0.1) is 11.8 Å². The lowest BCUT2D eigenvalue weighted by Gasteiger charge is -2.48. The fourth-order valence-electron chi connectivity index (χ4n) is 9.30. The Morgan fingerprint density at radius 3 is 1.48 bits per heavy atom. The van der Waals surface area contributed by atoms with E-state index in [4.69, 9.17) is 0 Å². The summed E-state index contributed by atoms with van der Waals surface area (Å²) in [7, 11) is 3.03. The Hall–Kier alpha value is -3.30. The van der Waals surface area contributed by atoms with E-state index in [2.05, 4.69) is 143 Å². The van der Waals surface area contributed by atoms with Gasteiger partial charge < -0.3 is 0 Å². The van der Waals surface area contributed by atoms with Crippen LogP contribution < -0.4 is 10.6 Å². The molecule has 2 aliphatic rings. The molecule has 48 heavy (non-hydrogen) atoms. The Balaban J connectivity index is 1.41. The van der Waals surface area contributed by atoms with Gasteiger partial charge in [-0.05, 0) is 99.8 Å². The molecule has 242 valence electrons. The first-order valence-corrected chi connectivity index (χ1v) is 20.5. The number of rotatable bonds is 8. The third-order valence-corrected chi connectivity index (χ3v) is 15.4. The summed E-state index contributed by atoms with van der Waals surface area (Å²) in [5.74, 6) is 1.40. The van der Waals surface area contributed by atoms with Gasteiger partial charge in [0.25, 0.3) is 0 Å². The summed E-state index contributed by atoms with van der Waals surface area (Å²) in [6.07, 6.45) is 14.7. The monoisotopic (exact) mass is 662 g/mol. The van der Waals surface area contributed by atoms with Crippen molar-refractivity contribution in [2.75, 3.05) is 0 Å². The zero-order valence-corrected chi connectivity index (χ0v) is 30.2. The summed E-state index contributed by atoms with van der Waals surface area (Å²) in [4.78, 5) is 0. The van der Waals surface area contributed by atoms with Crippen molar-refractivity contribution in [1.82, 2.24) is 0 Å². The molecule has 0 N–H and O–H groups in total. The van der Waals surface area contributed by atoms with E-state index in [1.807, 2.05) is 0 Å². The van der Waals surface area contributed by atoms with E-state index in [0.29, 0.717) is 11.8 Å². The van der Waals surface area contributed by atoms with Gasteiger partial charge in [0.05, 0.1) is 0 Å². The molecule has 0 amide bonds. The van der Waals surface area contributed by atoms with Gasteiger partial charge in [-0.25, -0.2) is 0 Å². The van der Waals surface area contributed by atoms with Gasteiger partial charge in [-0.15, -0.1) is 9.24 Å². The van der Waals surface area contributed by atoms with Gasteiger partial charge in [0, 0.05) is 11.3 Å². The zero-order valence-electron chi connectivity index (χ0n) is 28.2. The van der Waals surface area contributed by atoms with Gasteiger partial charge in [0.15, 0.2) is 0 Å². The standard InChI is InChI=1S/C46H48P2/c47-46(37-19-5-1-6-20-37,38-21-7-2-8-22-38)43-32-31-35-18-14-16-28-42(35)45(43)44-36(30-29-34-17-13-15-27-41(34)44)33-48(39-23-9-3-10-24-39)40-25-11-4-12-26-40/h3-4,9-18,23-32,37-38H,1-2,5-8,19-22,33,47H2. The van der Waals surface area contributed by atoms with Crippen LogP contribution in [0.4, 0.5) is 0 Å². The Morgan fingerprint density at radius 1 is 0.479 bits per heavy atom. The summed E-state index contributed by atoms with van der Waals surface area (Å²) in [5.41, 5.74) is 6.04. The minimum absolute atomic E-state index is 0.0675. The quantitative estimate of drug-likeness (QED) is 0.142. The first-order valence-electron chi connectivity index (χ1n) is 18.4. The normalized spacial score (nSPS) is 16.5. The van der Waals surface area contributed by atoms with E-state index in [9.17, 15) is 0 Å². The molecule has 2 aliphatic carbocycles. The van der Waals surface area contributed by atoms with E-state index in [1.54, 1.807) is 5.56 Å². The lowest BCUT2D eigenvalue weighted by Crippen LogP contribution is -2.39. The fraction of sp³-hybridized carbons (Fsp3) is 0.304. The molecule has 1 atom stereocenters. The predicted octanol–water partition coefficient (Wildman–Crippen LogP) is 12.5. The first kappa shape index (κ1) is 31.9. The Kier molecular flexibility index (Phi) is 9.50. The van der Waals surface area contributed by atoms with Crippen molar-refractivity contribution in [3.63, 3.8) is 0 Å². The average molecular weight is 663 g/mol. The van der Waals surface area contributed by atoms with Crippen LogP contribution in [0.1, 0.15) is 75.3 Å². The summed E-state index contributed by atoms with van der Waals surface area (Å²) < 4.78 is 0. The lowest BCUT2D eigenvalue weighted by atomic mass is 9.64. The molecule has 2 heteroatoms. The summed E-state index contributed by atoms with van der Waals surface area (Å²) in [6.45, 7) is 0. The van der Waals surface area contributed by atoms with E-state index >= 15 is 0 Å². The molecule has 0 aliphatic heterocycles. The molecule has 0 heterocycles. The van der Waals surface area contributed by atoms with Crippen LogP contribution in [0.25, 0.3) is 32.7 Å². The van der Waals surface area contributed by atoms with Gasteiger partial charge in [-0.1, -0.05) is 172 Å². The van der Waals surface area contributed by atoms with Crippen LogP contribution in [0.2, 0.25) is 0 Å². The topological polar surface area (TPSA) is 0 Å². The summed E-state index contributed by atoms with van der Waals surface area (Å²) >= 11 is 0. The SMILES string of the molecule is PC(c1ccc2ccccc2c1-c1c(CP(c2ccccc2)c2ccccc2)ccc2ccccc12)(C1CCCCC1)C1CCCCC1. The van der Waals surface area contributed by atoms with E-state index in [0.717, 1.165) is 6.16 Å². The Bertz CT molecular complexity index is 1930. The number of benzene rings is 6. The van der Waals surface area contributed by atoms with Crippen LogP contribution in [0.15, 0.2) is 133 Å². The third-order valence-electron chi connectivity index (χ3n) is 11.7. The second-order valence-corrected chi connectivity index (χ2v) is 17.6. The highest BCUT2D eigenvalue weighted by atomic mass is 31.1. The van der Waals surface area contributed by atoms with Crippen molar-refractivity contribution in [2.24, 2.45) is 11.8 Å². The van der Waals surface area contributed by atoms with Gasteiger partial charge >= 0.3 is 0 Å². The molecule has 6 aromatic carbocycles. The summed E-state index contributed by atoms with van der Waals surface area (Å²) in [6, 6.07) is 50.9. The molecule has 0 radical (unpaired) electrons. The Morgan fingerprint density at radius 2 is 0.938 bits per heavy atom. The third kappa shape index (κ3) is 6.06. The molecular weight excluding hydrogens is 614 g/mol. The maximum absolute atomic E-state index is 3.63. The number of hydrogen-bond donors (Lipinski definition) is 0. The molecule has 2 saturated carbocycles. The van der Waals surface area contributed by atoms with Crippen LogP contribution in [-0.2, 0) is 11.3 Å². The average Bonchev–Trinajstić information content (AvgIpc) is 3.17. The Labute approximate surface area is 291 Å². The molecular formula is C46H48P2. The van der Waals surface area contributed by atoms with Gasteiger partial charge in [-0.3, -0.25) is 0 Å². The van der Waals surface area contributed by atoms with Crippen LogP contribution in [0.3, 0.4) is 0 Å². The fourth-order valence-corrected chi connectivity index (χ4v) is 12.5. The molecule has 0 saturated heterocycles. The highest BCUT2D eigenvalue weighted by molar-refractivity contribution is 7.72. The van der Waals surface area contributed by atoms with Crippen molar-refractivity contribution in [2.45, 2.75) is 75.5 Å². The first-order chi connectivity index (χ1) is 23.7. The highest BCUT2D eigenvalue weighted by Crippen LogP contribution is 2.58. The van der Waals surface area contributed by atoms with Crippen LogP contribution >= 0.6 is 17.2 Å². The van der Waals surface area contributed by atoms with Crippen molar-refractivity contribution in [3.05, 3.63) is 145 Å². The second kappa shape index (κ2) is 14.3. The molecule has 2 fully saturated rings. The van der Waals surface area contributed by atoms with Crippen molar-refractivity contribution >= 4 is 49.3 Å². The molecule has 1 unspecified atom stereocenters. The van der Waals surface area contributed by atoms with Gasteiger partial charge in [0.1, 0.15) is 0 Å². The highest BCUT2D eigenvalue weighted by Gasteiger charge is 2.45. The van der Waals surface area contributed by atoms with E-state index < -0.39 is 7.92 Å². The number of hydrogen-bond acceptors (Lipinski definition) is 0. The van der Waals surface area contributed by atoms with E-state index in [1.165, 1.54) is 113 Å². The van der Waals surface area contributed by atoms with Crippen molar-refractivity contribution in [3.8, 4) is 11.1 Å². The maximum Gasteiger partial charge on any atom is 0.0160 e. The van der Waals surface area contributed by atoms with Crippen molar-refractivity contribution < 1.29 is 0 Å². The largest absolute Gasteiger partial charge is 0.126 e. The molecule has 0 aromatic heterocycles. The second-order valence-electron chi connectivity index (χ2n) is 14.4. The van der Waals surface area contributed by atoms with Crippen molar-refractivity contribution in [1.29, 1.82) is 0 Å². The number of fused-ring (bicyclic) bond motifs is 2. The molecule has 0 nitrogen and oxygen atoms in total. The van der Waals surface area contributed by atoms with E-state index in [-0.39, 0.29) is 5.16 Å². The summed E-state index contributed by atoms with van der Waals surface area (Å²) in [5, 5.41) is 8.45. The molecule has 0 spiro atoms. The molecule has 0 bridgehead atoms. The lowest BCUT2D eigenvalue weighted by molar-refractivity contribution is 0.175. The predicted molar refractivity (Wildman–Crippen MR) is 214 cm³/mol. The van der Waals surface area contributed by atoms with Gasteiger partial charge in [-0.2, -0.15) is 0 Å². The molecule has 6 aromatic rings. The minimum Gasteiger partial charge on any atom is -0.126 e. The van der Waals surface area contributed by atoms with Crippen LogP contribution in [-0.4, -0.2) is 0 Å². The minimum atomic E-state index is -0.600.